The first kappa shape index (κ1) is 12.0. The quantitative estimate of drug-likeness (QED) is 0.612. The van der Waals surface area contributed by atoms with Gasteiger partial charge in [0.25, 0.3) is 0 Å². The van der Waals surface area contributed by atoms with E-state index in [-0.39, 0.29) is 3.23 Å². The standard InChI is InChI=1S/C9H18Br2/c1-3-5-7-9(10,11)8-6-4-2/h3-8H2,1-2H3. The summed E-state index contributed by atoms with van der Waals surface area (Å²) in [5.41, 5.74) is 0. The van der Waals surface area contributed by atoms with Crippen molar-refractivity contribution in [1.29, 1.82) is 0 Å². The second-order valence-electron chi connectivity index (χ2n) is 3.06. The van der Waals surface area contributed by atoms with Crippen molar-refractivity contribution in [2.24, 2.45) is 0 Å². The Morgan fingerprint density at radius 1 is 0.909 bits per heavy atom. The Labute approximate surface area is 87.4 Å². The Hall–Kier alpha value is 0.960. The molecule has 2 heteroatoms. The zero-order valence-corrected chi connectivity index (χ0v) is 10.7. The molecular weight excluding hydrogens is 268 g/mol. The molecular formula is C9H18Br2. The van der Waals surface area contributed by atoms with Crippen molar-refractivity contribution in [1.82, 2.24) is 0 Å². The molecule has 0 atom stereocenters. The van der Waals surface area contributed by atoms with E-state index in [1.165, 1.54) is 38.5 Å². The van der Waals surface area contributed by atoms with Crippen LogP contribution in [0, 0.1) is 0 Å². The van der Waals surface area contributed by atoms with Crippen LogP contribution in [0.2, 0.25) is 0 Å². The van der Waals surface area contributed by atoms with Gasteiger partial charge >= 0.3 is 0 Å². The van der Waals surface area contributed by atoms with Gasteiger partial charge in [-0.15, -0.1) is 0 Å². The zero-order chi connectivity index (χ0) is 8.74. The molecule has 0 aromatic rings. The van der Waals surface area contributed by atoms with Crippen LogP contribution in [0.3, 0.4) is 0 Å². The highest BCUT2D eigenvalue weighted by molar-refractivity contribution is 9.25. The van der Waals surface area contributed by atoms with Crippen molar-refractivity contribution in [2.45, 2.75) is 55.6 Å². The van der Waals surface area contributed by atoms with E-state index in [4.69, 9.17) is 0 Å². The number of hydrogen-bond acceptors (Lipinski definition) is 0. The third-order valence-corrected chi connectivity index (χ3v) is 3.38. The number of halogens is 2. The average molecular weight is 286 g/mol. The molecule has 0 fully saturated rings. The monoisotopic (exact) mass is 284 g/mol. The Balaban J connectivity index is 3.43. The van der Waals surface area contributed by atoms with E-state index in [0.29, 0.717) is 0 Å². The van der Waals surface area contributed by atoms with Gasteiger partial charge in [-0.3, -0.25) is 0 Å². The lowest BCUT2D eigenvalue weighted by Gasteiger charge is -2.19. The summed E-state index contributed by atoms with van der Waals surface area (Å²) in [7, 11) is 0. The topological polar surface area (TPSA) is 0 Å². The highest BCUT2D eigenvalue weighted by atomic mass is 79.9. The van der Waals surface area contributed by atoms with Crippen LogP contribution in [-0.2, 0) is 0 Å². The average Bonchev–Trinajstić information content (AvgIpc) is 1.97. The van der Waals surface area contributed by atoms with Crippen LogP contribution < -0.4 is 0 Å². The van der Waals surface area contributed by atoms with E-state index in [2.05, 4.69) is 45.7 Å². The Morgan fingerprint density at radius 3 is 1.55 bits per heavy atom. The lowest BCUT2D eigenvalue weighted by atomic mass is 10.1. The summed E-state index contributed by atoms with van der Waals surface area (Å²) in [6.07, 6.45) is 7.66. The molecule has 0 spiro atoms. The molecule has 0 heterocycles. The molecule has 0 aromatic carbocycles. The molecule has 0 N–H and O–H groups in total. The van der Waals surface area contributed by atoms with Crippen molar-refractivity contribution < 1.29 is 0 Å². The van der Waals surface area contributed by atoms with Crippen LogP contribution in [0.5, 0.6) is 0 Å². The number of hydrogen-bond donors (Lipinski definition) is 0. The molecule has 0 bridgehead atoms. The van der Waals surface area contributed by atoms with E-state index < -0.39 is 0 Å². The molecule has 0 saturated carbocycles. The molecule has 0 nitrogen and oxygen atoms in total. The molecule has 0 aliphatic heterocycles. The first-order chi connectivity index (χ1) is 5.12. The van der Waals surface area contributed by atoms with Crippen LogP contribution in [0.1, 0.15) is 52.4 Å². The van der Waals surface area contributed by atoms with Gasteiger partial charge < -0.3 is 0 Å². The van der Waals surface area contributed by atoms with Crippen LogP contribution in [0.15, 0.2) is 0 Å². The van der Waals surface area contributed by atoms with Crippen molar-refractivity contribution in [3.8, 4) is 0 Å². The summed E-state index contributed by atoms with van der Waals surface area (Å²) in [5.74, 6) is 0. The smallest absolute Gasteiger partial charge is 0.0727 e. The summed E-state index contributed by atoms with van der Waals surface area (Å²) in [6.45, 7) is 4.46. The fourth-order valence-corrected chi connectivity index (χ4v) is 2.12. The predicted octanol–water partition coefficient (Wildman–Crippen LogP) is 4.85. The Morgan fingerprint density at radius 2 is 1.27 bits per heavy atom. The number of unbranched alkanes of at least 4 members (excludes halogenated alkanes) is 2. The van der Waals surface area contributed by atoms with E-state index in [1.807, 2.05) is 0 Å². The first-order valence-corrected chi connectivity index (χ1v) is 6.09. The van der Waals surface area contributed by atoms with E-state index >= 15 is 0 Å². The van der Waals surface area contributed by atoms with E-state index in [9.17, 15) is 0 Å². The van der Waals surface area contributed by atoms with Gasteiger partial charge in [0.1, 0.15) is 0 Å². The molecule has 0 saturated heterocycles. The molecule has 0 radical (unpaired) electrons. The van der Waals surface area contributed by atoms with Gasteiger partial charge in [0, 0.05) is 0 Å². The minimum absolute atomic E-state index is 0.228. The summed E-state index contributed by atoms with van der Waals surface area (Å²) in [4.78, 5) is 0. The van der Waals surface area contributed by atoms with Crippen LogP contribution in [-0.4, -0.2) is 3.23 Å². The molecule has 0 unspecified atom stereocenters. The Bertz CT molecular complexity index is 79.6. The van der Waals surface area contributed by atoms with Crippen molar-refractivity contribution >= 4 is 31.9 Å². The SMILES string of the molecule is CCCCC(Br)(Br)CCCC. The summed E-state index contributed by atoms with van der Waals surface area (Å²) < 4.78 is 0.228. The van der Waals surface area contributed by atoms with Crippen molar-refractivity contribution in [2.75, 3.05) is 0 Å². The van der Waals surface area contributed by atoms with E-state index in [1.54, 1.807) is 0 Å². The van der Waals surface area contributed by atoms with Crippen LogP contribution in [0.25, 0.3) is 0 Å². The van der Waals surface area contributed by atoms with Gasteiger partial charge in [0.2, 0.25) is 0 Å². The third kappa shape index (κ3) is 7.32. The van der Waals surface area contributed by atoms with Crippen molar-refractivity contribution in [3.63, 3.8) is 0 Å². The normalized spacial score (nSPS) is 12.0. The van der Waals surface area contributed by atoms with Crippen LogP contribution >= 0.6 is 31.9 Å². The molecule has 0 rings (SSSR count). The minimum atomic E-state index is 0.228. The molecule has 11 heavy (non-hydrogen) atoms. The van der Waals surface area contributed by atoms with Gasteiger partial charge in [0.05, 0.1) is 3.23 Å². The second kappa shape index (κ2) is 6.47. The predicted molar refractivity (Wildman–Crippen MR) is 59.6 cm³/mol. The molecule has 0 amide bonds. The maximum Gasteiger partial charge on any atom is 0.0805 e. The van der Waals surface area contributed by atoms with Gasteiger partial charge in [-0.1, -0.05) is 71.4 Å². The maximum absolute atomic E-state index is 3.70. The number of rotatable bonds is 6. The summed E-state index contributed by atoms with van der Waals surface area (Å²) in [6, 6.07) is 0. The highest BCUT2D eigenvalue weighted by Gasteiger charge is 2.20. The van der Waals surface area contributed by atoms with E-state index in [0.717, 1.165) is 0 Å². The highest BCUT2D eigenvalue weighted by Crippen LogP contribution is 2.36. The fraction of sp³-hybridized carbons (Fsp3) is 1.00. The second-order valence-corrected chi connectivity index (χ2v) is 7.16. The molecule has 0 aliphatic rings. The zero-order valence-electron chi connectivity index (χ0n) is 7.50. The van der Waals surface area contributed by atoms with Gasteiger partial charge in [-0.05, 0) is 12.8 Å². The fourth-order valence-electron chi connectivity index (χ4n) is 0.996. The van der Waals surface area contributed by atoms with Gasteiger partial charge in [-0.2, -0.15) is 0 Å². The lowest BCUT2D eigenvalue weighted by molar-refractivity contribution is 0.599. The molecule has 0 aromatic heterocycles. The number of alkyl halides is 2. The third-order valence-electron chi connectivity index (χ3n) is 1.79. The summed E-state index contributed by atoms with van der Waals surface area (Å²) in [5, 5.41) is 0. The molecule has 0 aliphatic carbocycles. The maximum atomic E-state index is 3.70. The first-order valence-electron chi connectivity index (χ1n) is 4.50. The summed E-state index contributed by atoms with van der Waals surface area (Å²) >= 11 is 7.40. The van der Waals surface area contributed by atoms with Crippen LogP contribution in [0.4, 0.5) is 0 Å². The lowest BCUT2D eigenvalue weighted by Crippen LogP contribution is -2.10. The minimum Gasteiger partial charge on any atom is -0.0727 e. The van der Waals surface area contributed by atoms with Crippen molar-refractivity contribution in [3.05, 3.63) is 0 Å². The largest absolute Gasteiger partial charge is 0.0805 e. The Kier molecular flexibility index (Phi) is 7.04. The van der Waals surface area contributed by atoms with Gasteiger partial charge in [0.15, 0.2) is 0 Å². The molecule has 68 valence electrons. The van der Waals surface area contributed by atoms with Gasteiger partial charge in [-0.25, -0.2) is 0 Å².